The van der Waals surface area contributed by atoms with Crippen LogP contribution in [0.15, 0.2) is 42.5 Å². The lowest BCUT2D eigenvalue weighted by Crippen LogP contribution is -2.87. The molecule has 0 fully saturated rings. The Morgan fingerprint density at radius 3 is 2.27 bits per heavy atom. The van der Waals surface area contributed by atoms with Crippen molar-refractivity contribution >= 4 is 29.1 Å². The fourth-order valence-corrected chi connectivity index (χ4v) is 2.76. The van der Waals surface area contributed by atoms with Crippen molar-refractivity contribution in [2.24, 2.45) is 0 Å². The molecule has 6 heteroatoms. The Hall–Kier alpha value is -2.37. The summed E-state index contributed by atoms with van der Waals surface area (Å²) < 4.78 is 0. The second-order valence-electron chi connectivity index (χ2n) is 6.37. The maximum Gasteiger partial charge on any atom is 0.275 e. The third-order valence-corrected chi connectivity index (χ3v) is 4.50. The molecule has 0 aliphatic carbocycles. The molecule has 0 aromatic heterocycles. The molecule has 0 unspecified atom stereocenters. The standard InChI is InChI=1S/C20H24ClN3O2/c1-13-5-4-6-14(2)20(13)24-19(26)12-23-18(25)11-22-15(3)16-7-9-17(21)10-8-16/h4-10,15,22H,11-12H2,1-3H3,(H,23,25)(H,24,26)/p+1/t15-/m1/s1. The van der Waals surface area contributed by atoms with Gasteiger partial charge >= 0.3 is 0 Å². The van der Waals surface area contributed by atoms with Gasteiger partial charge in [0.15, 0.2) is 6.54 Å². The molecule has 26 heavy (non-hydrogen) atoms. The van der Waals surface area contributed by atoms with E-state index < -0.39 is 0 Å². The molecule has 138 valence electrons. The van der Waals surface area contributed by atoms with Crippen LogP contribution in [0.5, 0.6) is 0 Å². The van der Waals surface area contributed by atoms with E-state index in [1.54, 1.807) is 0 Å². The summed E-state index contributed by atoms with van der Waals surface area (Å²) in [5.41, 5.74) is 3.88. The molecular formula is C20H25ClN3O2+. The van der Waals surface area contributed by atoms with Crippen molar-refractivity contribution in [2.75, 3.05) is 18.4 Å². The number of aryl methyl sites for hydroxylation is 2. The highest BCUT2D eigenvalue weighted by atomic mass is 35.5. The molecular weight excluding hydrogens is 350 g/mol. The second-order valence-corrected chi connectivity index (χ2v) is 6.81. The number of rotatable bonds is 7. The number of nitrogens with one attached hydrogen (secondary N) is 2. The predicted octanol–water partition coefficient (Wildman–Crippen LogP) is 2.34. The number of carbonyl (C=O) groups excluding carboxylic acids is 2. The fraction of sp³-hybridized carbons (Fsp3) is 0.300. The van der Waals surface area contributed by atoms with Gasteiger partial charge in [0.2, 0.25) is 5.91 Å². The summed E-state index contributed by atoms with van der Waals surface area (Å²) in [4.78, 5) is 24.0. The second kappa shape index (κ2) is 9.36. The van der Waals surface area contributed by atoms with Crippen molar-refractivity contribution in [2.45, 2.75) is 26.8 Å². The minimum Gasteiger partial charge on any atom is -0.342 e. The number of para-hydroxylation sites is 1. The van der Waals surface area contributed by atoms with Gasteiger partial charge in [-0.25, -0.2) is 0 Å². The van der Waals surface area contributed by atoms with Gasteiger partial charge < -0.3 is 16.0 Å². The van der Waals surface area contributed by atoms with Gasteiger partial charge in [-0.2, -0.15) is 0 Å². The number of amides is 2. The third kappa shape index (κ3) is 5.86. The van der Waals surface area contributed by atoms with Crippen LogP contribution in [0.1, 0.15) is 29.7 Å². The van der Waals surface area contributed by atoms with Gasteiger partial charge in [-0.15, -0.1) is 0 Å². The van der Waals surface area contributed by atoms with Crippen LogP contribution < -0.4 is 16.0 Å². The van der Waals surface area contributed by atoms with Gasteiger partial charge in [0.05, 0.1) is 6.54 Å². The van der Waals surface area contributed by atoms with Gasteiger partial charge in [0.1, 0.15) is 6.04 Å². The highest BCUT2D eigenvalue weighted by molar-refractivity contribution is 6.30. The SMILES string of the molecule is Cc1cccc(C)c1NC(=O)CNC(=O)C[NH2+][C@H](C)c1ccc(Cl)cc1. The number of anilines is 1. The molecule has 2 amide bonds. The zero-order valence-corrected chi connectivity index (χ0v) is 16.1. The summed E-state index contributed by atoms with van der Waals surface area (Å²) >= 11 is 5.88. The number of quaternary nitrogens is 1. The third-order valence-electron chi connectivity index (χ3n) is 4.24. The normalized spacial score (nSPS) is 11.7. The van der Waals surface area contributed by atoms with Crippen molar-refractivity contribution in [1.82, 2.24) is 5.32 Å². The topological polar surface area (TPSA) is 74.8 Å². The van der Waals surface area contributed by atoms with E-state index in [0.29, 0.717) is 5.02 Å². The lowest BCUT2D eigenvalue weighted by atomic mass is 10.1. The summed E-state index contributed by atoms with van der Waals surface area (Å²) in [7, 11) is 0. The molecule has 5 nitrogen and oxygen atoms in total. The van der Waals surface area contributed by atoms with Crippen LogP contribution in [0.3, 0.4) is 0 Å². The molecule has 2 aromatic carbocycles. The van der Waals surface area contributed by atoms with Crippen LogP contribution in [0.2, 0.25) is 5.02 Å². The highest BCUT2D eigenvalue weighted by Crippen LogP contribution is 2.19. The minimum atomic E-state index is -0.235. The zero-order chi connectivity index (χ0) is 19.1. The van der Waals surface area contributed by atoms with Crippen LogP contribution in [-0.2, 0) is 9.59 Å². The van der Waals surface area contributed by atoms with E-state index in [2.05, 4.69) is 10.6 Å². The minimum absolute atomic E-state index is 0.0459. The van der Waals surface area contributed by atoms with Crippen molar-refractivity contribution < 1.29 is 14.9 Å². The van der Waals surface area contributed by atoms with E-state index in [9.17, 15) is 9.59 Å². The molecule has 0 radical (unpaired) electrons. The molecule has 0 aliphatic rings. The lowest BCUT2D eigenvalue weighted by Gasteiger charge is -2.13. The Labute approximate surface area is 159 Å². The van der Waals surface area contributed by atoms with Crippen molar-refractivity contribution in [3.8, 4) is 0 Å². The largest absolute Gasteiger partial charge is 0.342 e. The Kier molecular flexibility index (Phi) is 7.18. The van der Waals surface area contributed by atoms with Crippen LogP contribution >= 0.6 is 11.6 Å². The Morgan fingerprint density at radius 1 is 1.04 bits per heavy atom. The average Bonchev–Trinajstić information content (AvgIpc) is 2.61. The summed E-state index contributed by atoms with van der Waals surface area (Å²) in [6, 6.07) is 13.5. The van der Waals surface area contributed by atoms with E-state index in [1.165, 1.54) is 0 Å². The maximum atomic E-state index is 12.1. The van der Waals surface area contributed by atoms with E-state index >= 15 is 0 Å². The number of benzene rings is 2. The first-order chi connectivity index (χ1) is 12.4. The first-order valence-corrected chi connectivity index (χ1v) is 8.96. The fourth-order valence-electron chi connectivity index (χ4n) is 2.63. The molecule has 2 rings (SSSR count). The van der Waals surface area contributed by atoms with Gasteiger partial charge in [-0.3, -0.25) is 9.59 Å². The quantitative estimate of drug-likeness (QED) is 0.695. The molecule has 0 aliphatic heterocycles. The van der Waals surface area contributed by atoms with E-state index in [-0.39, 0.29) is 30.9 Å². The lowest BCUT2D eigenvalue weighted by molar-refractivity contribution is -0.682. The Morgan fingerprint density at radius 2 is 1.65 bits per heavy atom. The molecule has 0 saturated carbocycles. The molecule has 0 bridgehead atoms. The van der Waals surface area contributed by atoms with Gasteiger partial charge in [0, 0.05) is 16.3 Å². The molecule has 2 aromatic rings. The van der Waals surface area contributed by atoms with Crippen molar-refractivity contribution in [1.29, 1.82) is 0 Å². The van der Waals surface area contributed by atoms with Crippen LogP contribution in [0.4, 0.5) is 5.69 Å². The molecule has 0 heterocycles. The number of carbonyl (C=O) groups is 2. The molecule has 0 saturated heterocycles. The van der Waals surface area contributed by atoms with Crippen LogP contribution in [0, 0.1) is 13.8 Å². The zero-order valence-electron chi connectivity index (χ0n) is 15.3. The predicted molar refractivity (Wildman–Crippen MR) is 104 cm³/mol. The Balaban J connectivity index is 1.76. The van der Waals surface area contributed by atoms with E-state index in [4.69, 9.17) is 11.6 Å². The number of halogens is 1. The maximum absolute atomic E-state index is 12.1. The summed E-state index contributed by atoms with van der Waals surface area (Å²) in [5.74, 6) is -0.413. The van der Waals surface area contributed by atoms with Gasteiger partial charge in [0.25, 0.3) is 5.91 Å². The van der Waals surface area contributed by atoms with E-state index in [1.807, 2.05) is 68.6 Å². The van der Waals surface area contributed by atoms with Gasteiger partial charge in [-0.05, 0) is 44.0 Å². The smallest absolute Gasteiger partial charge is 0.275 e. The molecule has 4 N–H and O–H groups in total. The highest BCUT2D eigenvalue weighted by Gasteiger charge is 2.13. The first-order valence-electron chi connectivity index (χ1n) is 8.58. The molecule has 0 spiro atoms. The number of hydrogen-bond acceptors (Lipinski definition) is 2. The number of nitrogens with two attached hydrogens (primary N) is 1. The monoisotopic (exact) mass is 374 g/mol. The first kappa shape index (κ1) is 19.9. The Bertz CT molecular complexity index is 755. The number of hydrogen-bond donors (Lipinski definition) is 3. The van der Waals surface area contributed by atoms with E-state index in [0.717, 1.165) is 22.4 Å². The van der Waals surface area contributed by atoms with Crippen molar-refractivity contribution in [3.05, 3.63) is 64.2 Å². The van der Waals surface area contributed by atoms with Crippen molar-refractivity contribution in [3.63, 3.8) is 0 Å². The van der Waals surface area contributed by atoms with Gasteiger partial charge in [-0.1, -0.05) is 41.9 Å². The van der Waals surface area contributed by atoms with Crippen LogP contribution in [0.25, 0.3) is 0 Å². The molecule has 1 atom stereocenters. The average molecular weight is 375 g/mol. The van der Waals surface area contributed by atoms with Crippen LogP contribution in [-0.4, -0.2) is 24.9 Å². The summed E-state index contributed by atoms with van der Waals surface area (Å²) in [5, 5.41) is 8.11. The summed E-state index contributed by atoms with van der Waals surface area (Å²) in [6.45, 7) is 6.10. The summed E-state index contributed by atoms with van der Waals surface area (Å²) in [6.07, 6.45) is 0.